The molecule has 1 saturated heterocycles. The van der Waals surface area contributed by atoms with Crippen molar-refractivity contribution in [1.82, 2.24) is 19.8 Å². The van der Waals surface area contributed by atoms with Crippen molar-refractivity contribution in [2.45, 2.75) is 44.2 Å². The molecule has 4 rings (SSSR count). The number of nitrogens with zero attached hydrogens (tertiary/aromatic N) is 5. The maximum atomic E-state index is 12.5. The van der Waals surface area contributed by atoms with E-state index in [1.54, 1.807) is 19.5 Å². The van der Waals surface area contributed by atoms with Gasteiger partial charge in [0.1, 0.15) is 24.4 Å². The molecule has 2 aliphatic heterocycles. The first-order chi connectivity index (χ1) is 18.0. The van der Waals surface area contributed by atoms with Crippen LogP contribution in [-0.4, -0.2) is 91.0 Å². The molecule has 0 spiro atoms. The highest BCUT2D eigenvalue weighted by Gasteiger charge is 2.26. The Balaban J connectivity index is 1.38. The summed E-state index contributed by atoms with van der Waals surface area (Å²) in [5.74, 6) is 7.91. The Morgan fingerprint density at radius 2 is 2.22 bits per heavy atom. The highest BCUT2D eigenvalue weighted by atomic mass is 16.5. The minimum atomic E-state index is 0.0446. The lowest BCUT2D eigenvalue weighted by Crippen LogP contribution is -2.30. The molecule has 1 aromatic heterocycles. The highest BCUT2D eigenvalue weighted by molar-refractivity contribution is 6.03. The number of carbonyl (C=O) groups excluding carboxylic acids is 1. The molecule has 2 atom stereocenters. The van der Waals surface area contributed by atoms with Gasteiger partial charge in [-0.25, -0.2) is 15.0 Å². The summed E-state index contributed by atoms with van der Waals surface area (Å²) >= 11 is 0. The summed E-state index contributed by atoms with van der Waals surface area (Å²) in [6, 6.07) is 0.111. The summed E-state index contributed by atoms with van der Waals surface area (Å²) in [5.41, 5.74) is 2.48. The van der Waals surface area contributed by atoms with Crippen LogP contribution in [-0.2, 0) is 20.7 Å². The molecule has 1 amide bonds. The van der Waals surface area contributed by atoms with Gasteiger partial charge in [-0.2, -0.15) is 0 Å². The molecule has 1 aromatic rings. The number of allylic oxidation sites excluding steroid dienone is 2. The van der Waals surface area contributed by atoms with Crippen molar-refractivity contribution in [2.75, 3.05) is 52.8 Å². The van der Waals surface area contributed by atoms with Crippen LogP contribution in [0.2, 0.25) is 0 Å². The number of likely N-dealkylation sites (tertiary alicyclic amines) is 1. The monoisotopic (exact) mass is 504 g/mol. The molecule has 9 nitrogen and oxygen atoms in total. The number of nitrogens with one attached hydrogen (secondary N) is 1. The topological polar surface area (TPSA) is 92.2 Å². The number of likely N-dealkylation sites (N-methyl/N-ethyl adjacent to an activating group) is 1. The fraction of sp³-hybridized carbons (Fsp3) is 0.500. The number of hydrogen-bond acceptors (Lipinski definition) is 8. The van der Waals surface area contributed by atoms with Crippen LogP contribution in [0.1, 0.15) is 31.4 Å². The second kappa shape index (κ2) is 13.2. The number of hydrogen-bond donors (Lipinski definition) is 1. The largest absolute Gasteiger partial charge is 0.485 e. The quantitative estimate of drug-likeness (QED) is 0.430. The highest BCUT2D eigenvalue weighted by Crippen LogP contribution is 2.31. The van der Waals surface area contributed by atoms with E-state index in [4.69, 9.17) is 14.5 Å². The van der Waals surface area contributed by atoms with Crippen molar-refractivity contribution >= 4 is 23.1 Å². The number of fused-ring (bicyclic) bond motifs is 1. The van der Waals surface area contributed by atoms with Gasteiger partial charge in [0.05, 0.1) is 17.5 Å². The van der Waals surface area contributed by atoms with Crippen LogP contribution in [0.4, 0.5) is 11.5 Å². The van der Waals surface area contributed by atoms with Crippen molar-refractivity contribution in [3.63, 3.8) is 0 Å². The SMILES string of the molecule is COC1C=CC=C(OCC#CC2=Nc3c(ncnc3NC3CCN(C(=O)C=CCN(C)C)C3)CCC2)C1. The van der Waals surface area contributed by atoms with Gasteiger partial charge in [-0.1, -0.05) is 24.1 Å². The molecule has 0 bridgehead atoms. The van der Waals surface area contributed by atoms with E-state index < -0.39 is 0 Å². The van der Waals surface area contributed by atoms with Crippen LogP contribution in [0.25, 0.3) is 0 Å². The van der Waals surface area contributed by atoms with Gasteiger partial charge in [-0.3, -0.25) is 4.79 Å². The first kappa shape index (κ1) is 26.6. The van der Waals surface area contributed by atoms with E-state index in [0.29, 0.717) is 31.9 Å². The predicted molar refractivity (Wildman–Crippen MR) is 145 cm³/mol. The Morgan fingerprint density at radius 1 is 1.32 bits per heavy atom. The lowest BCUT2D eigenvalue weighted by molar-refractivity contribution is -0.125. The smallest absolute Gasteiger partial charge is 0.246 e. The normalized spacial score (nSPS) is 21.1. The lowest BCUT2D eigenvalue weighted by Gasteiger charge is -2.17. The molecule has 37 heavy (non-hydrogen) atoms. The standard InChI is InChI=1S/C28H36N6O3/c1-33(2)15-6-13-26(35)34-16-14-22(19-34)32-28-27-25(29-20-30-28)12-4-8-21(31-27)9-7-17-37-24-11-5-10-23(18-24)36-3/h5-6,10-11,13,20,22-23H,4,8,12,14-19H2,1-3H3,(H,29,30,32). The van der Waals surface area contributed by atoms with Crippen LogP contribution in [0.15, 0.2) is 47.5 Å². The van der Waals surface area contributed by atoms with Crippen molar-refractivity contribution in [3.8, 4) is 11.8 Å². The summed E-state index contributed by atoms with van der Waals surface area (Å²) in [6.45, 7) is 2.39. The third-order valence-corrected chi connectivity index (χ3v) is 6.42. The zero-order valence-electron chi connectivity index (χ0n) is 21.9. The van der Waals surface area contributed by atoms with E-state index in [0.717, 1.165) is 55.1 Å². The number of methoxy groups -OCH3 is 1. The number of anilines is 1. The molecule has 1 N–H and O–H groups in total. The molecule has 1 aliphatic carbocycles. The summed E-state index contributed by atoms with van der Waals surface area (Å²) in [4.78, 5) is 30.2. The molecular weight excluding hydrogens is 468 g/mol. The maximum absolute atomic E-state index is 12.5. The van der Waals surface area contributed by atoms with Crippen LogP contribution in [0.3, 0.4) is 0 Å². The number of carbonyl (C=O) groups is 1. The van der Waals surface area contributed by atoms with E-state index in [1.807, 2.05) is 48.2 Å². The Bertz CT molecular complexity index is 1140. The Kier molecular flexibility index (Phi) is 9.46. The molecule has 196 valence electrons. The summed E-state index contributed by atoms with van der Waals surface area (Å²) < 4.78 is 11.2. The van der Waals surface area contributed by atoms with Gasteiger partial charge in [0.15, 0.2) is 5.82 Å². The Labute approximate surface area is 219 Å². The minimum Gasteiger partial charge on any atom is -0.485 e. The second-order valence-corrected chi connectivity index (χ2v) is 9.60. The number of amides is 1. The van der Waals surface area contributed by atoms with Gasteiger partial charge in [-0.05, 0) is 51.8 Å². The maximum Gasteiger partial charge on any atom is 0.246 e. The Hall–Kier alpha value is -3.48. The van der Waals surface area contributed by atoms with Gasteiger partial charge in [0, 0.05) is 45.3 Å². The third-order valence-electron chi connectivity index (χ3n) is 6.42. The lowest BCUT2D eigenvalue weighted by atomic mass is 10.1. The van der Waals surface area contributed by atoms with Gasteiger partial charge >= 0.3 is 0 Å². The number of aliphatic imine (C=N–C) groups is 1. The average molecular weight is 505 g/mol. The van der Waals surface area contributed by atoms with Crippen molar-refractivity contribution in [3.05, 3.63) is 48.2 Å². The zero-order valence-corrected chi connectivity index (χ0v) is 21.9. The summed E-state index contributed by atoms with van der Waals surface area (Å²) in [5, 5.41) is 3.51. The molecule has 0 saturated carbocycles. The third kappa shape index (κ3) is 7.75. The van der Waals surface area contributed by atoms with E-state index in [1.165, 1.54) is 0 Å². The number of rotatable bonds is 8. The molecule has 0 aromatic carbocycles. The average Bonchev–Trinajstić information content (AvgIpc) is 3.26. The number of ether oxygens (including phenoxy) is 2. The predicted octanol–water partition coefficient (Wildman–Crippen LogP) is 2.89. The van der Waals surface area contributed by atoms with E-state index in [9.17, 15) is 4.79 Å². The molecule has 0 radical (unpaired) electrons. The van der Waals surface area contributed by atoms with Gasteiger partial charge in [-0.15, -0.1) is 0 Å². The fourth-order valence-electron chi connectivity index (χ4n) is 4.42. The minimum absolute atomic E-state index is 0.0446. The molecule has 1 fully saturated rings. The molecule has 3 heterocycles. The summed E-state index contributed by atoms with van der Waals surface area (Å²) in [7, 11) is 5.65. The van der Waals surface area contributed by atoms with E-state index in [2.05, 4.69) is 27.1 Å². The summed E-state index contributed by atoms with van der Waals surface area (Å²) in [6.07, 6.45) is 15.2. The zero-order chi connectivity index (χ0) is 26.0. The van der Waals surface area contributed by atoms with Crippen molar-refractivity contribution in [1.29, 1.82) is 0 Å². The molecular formula is C28H36N6O3. The van der Waals surface area contributed by atoms with Gasteiger partial charge in [0.2, 0.25) is 5.91 Å². The van der Waals surface area contributed by atoms with Crippen molar-refractivity contribution < 1.29 is 14.3 Å². The first-order valence-electron chi connectivity index (χ1n) is 12.8. The van der Waals surface area contributed by atoms with Crippen LogP contribution >= 0.6 is 0 Å². The van der Waals surface area contributed by atoms with E-state index in [-0.39, 0.29) is 18.1 Å². The number of aryl methyl sites for hydroxylation is 1. The van der Waals surface area contributed by atoms with Crippen LogP contribution in [0, 0.1) is 11.8 Å². The first-order valence-corrected chi connectivity index (χ1v) is 12.8. The van der Waals surface area contributed by atoms with Crippen LogP contribution < -0.4 is 5.32 Å². The second-order valence-electron chi connectivity index (χ2n) is 9.60. The molecule has 2 unspecified atom stereocenters. The number of aromatic nitrogens is 2. The Morgan fingerprint density at radius 3 is 3.05 bits per heavy atom. The van der Waals surface area contributed by atoms with Crippen molar-refractivity contribution in [2.24, 2.45) is 4.99 Å². The molecule has 3 aliphatic rings. The fourth-order valence-corrected chi connectivity index (χ4v) is 4.42. The molecule has 9 heteroatoms. The van der Waals surface area contributed by atoms with E-state index >= 15 is 0 Å². The van der Waals surface area contributed by atoms with Crippen LogP contribution in [0.5, 0.6) is 0 Å². The van der Waals surface area contributed by atoms with Gasteiger partial charge in [0.25, 0.3) is 0 Å². The van der Waals surface area contributed by atoms with Gasteiger partial charge < -0.3 is 24.6 Å².